The van der Waals surface area contributed by atoms with Crippen LogP contribution in [0.3, 0.4) is 0 Å². The maximum Gasteiger partial charge on any atom is 0.323 e. The van der Waals surface area contributed by atoms with Gasteiger partial charge in [-0.25, -0.2) is 18.6 Å². The first-order valence-corrected chi connectivity index (χ1v) is 11.1. The highest BCUT2D eigenvalue weighted by Gasteiger charge is 2.14. The van der Waals surface area contributed by atoms with E-state index in [1.165, 1.54) is 42.5 Å². The number of piperazine rings is 1. The smallest absolute Gasteiger partial charge is 0.323 e. The van der Waals surface area contributed by atoms with Crippen LogP contribution in [-0.4, -0.2) is 42.2 Å². The van der Waals surface area contributed by atoms with Crippen LogP contribution in [0.1, 0.15) is 0 Å². The zero-order valence-electron chi connectivity index (χ0n) is 18.6. The number of anilines is 3. The van der Waals surface area contributed by atoms with Gasteiger partial charge in [0.05, 0.1) is 17.2 Å². The van der Waals surface area contributed by atoms with Crippen LogP contribution in [0.15, 0.2) is 66.9 Å². The molecular formula is C25H22F2N6O2. The Balaban J connectivity index is 1.31. The zero-order valence-corrected chi connectivity index (χ0v) is 18.6. The summed E-state index contributed by atoms with van der Waals surface area (Å²) in [5.41, 5.74) is 2.07. The van der Waals surface area contributed by atoms with Gasteiger partial charge in [-0.3, -0.25) is 4.98 Å². The van der Waals surface area contributed by atoms with Crippen LogP contribution < -0.4 is 25.6 Å². The molecule has 2 heterocycles. The highest BCUT2D eigenvalue weighted by molar-refractivity contribution is 5.99. The SMILES string of the molecule is O=C(Nc1ccc(F)cc1)Nc1ccc(F)c(Oc2ccc3ncc(N4CCNCC4)nc3c2)c1. The highest BCUT2D eigenvalue weighted by Crippen LogP contribution is 2.29. The van der Waals surface area contributed by atoms with Crippen molar-refractivity contribution in [2.75, 3.05) is 41.7 Å². The van der Waals surface area contributed by atoms with Crippen molar-refractivity contribution in [3.8, 4) is 11.5 Å². The van der Waals surface area contributed by atoms with E-state index in [0.717, 1.165) is 32.0 Å². The minimum atomic E-state index is -0.588. The van der Waals surface area contributed by atoms with E-state index in [9.17, 15) is 13.6 Å². The molecule has 3 aromatic carbocycles. The number of nitrogens with one attached hydrogen (secondary N) is 3. The van der Waals surface area contributed by atoms with Crippen LogP contribution >= 0.6 is 0 Å². The Kier molecular flexibility index (Phi) is 6.36. The van der Waals surface area contributed by atoms with Crippen LogP contribution in [0.2, 0.25) is 0 Å². The predicted octanol–water partition coefficient (Wildman–Crippen LogP) is 4.75. The molecule has 10 heteroatoms. The molecular weight excluding hydrogens is 454 g/mol. The third-order valence-corrected chi connectivity index (χ3v) is 5.46. The van der Waals surface area contributed by atoms with Gasteiger partial charge >= 0.3 is 6.03 Å². The number of ether oxygens (including phenoxy) is 1. The van der Waals surface area contributed by atoms with Crippen molar-refractivity contribution in [2.45, 2.75) is 0 Å². The minimum Gasteiger partial charge on any atom is -0.454 e. The maximum absolute atomic E-state index is 14.5. The Labute approximate surface area is 200 Å². The average Bonchev–Trinajstić information content (AvgIpc) is 2.87. The minimum absolute atomic E-state index is 0.0600. The lowest BCUT2D eigenvalue weighted by atomic mass is 10.2. The van der Waals surface area contributed by atoms with Crippen molar-refractivity contribution in [1.82, 2.24) is 15.3 Å². The molecule has 1 aliphatic heterocycles. The van der Waals surface area contributed by atoms with Crippen LogP contribution in [0, 0.1) is 11.6 Å². The second kappa shape index (κ2) is 9.90. The molecule has 3 N–H and O–H groups in total. The van der Waals surface area contributed by atoms with Crippen LogP contribution in [0.5, 0.6) is 11.5 Å². The maximum atomic E-state index is 14.5. The van der Waals surface area contributed by atoms with E-state index >= 15 is 0 Å². The third kappa shape index (κ3) is 5.44. The summed E-state index contributed by atoms with van der Waals surface area (Å²) in [6.45, 7) is 3.45. The molecule has 0 unspecified atom stereocenters. The van der Waals surface area contributed by atoms with Gasteiger partial charge in [-0.1, -0.05) is 0 Å². The first kappa shape index (κ1) is 22.5. The molecule has 0 saturated carbocycles. The fourth-order valence-corrected chi connectivity index (χ4v) is 3.70. The van der Waals surface area contributed by atoms with E-state index in [4.69, 9.17) is 9.72 Å². The van der Waals surface area contributed by atoms with Crippen molar-refractivity contribution in [3.05, 3.63) is 78.5 Å². The summed E-state index contributed by atoms with van der Waals surface area (Å²) < 4.78 is 33.3. The number of rotatable bonds is 5. The number of halogens is 2. The number of carbonyl (C=O) groups excluding carboxylic acids is 1. The van der Waals surface area contributed by atoms with E-state index in [0.29, 0.717) is 28.2 Å². The number of hydrogen-bond acceptors (Lipinski definition) is 6. The van der Waals surface area contributed by atoms with E-state index in [1.54, 1.807) is 24.4 Å². The lowest BCUT2D eigenvalue weighted by molar-refractivity contribution is 0.262. The Morgan fingerprint density at radius 2 is 1.66 bits per heavy atom. The monoisotopic (exact) mass is 476 g/mol. The summed E-state index contributed by atoms with van der Waals surface area (Å²) in [6, 6.07) is 13.9. The van der Waals surface area contributed by atoms with Crippen LogP contribution in [0.4, 0.5) is 30.8 Å². The van der Waals surface area contributed by atoms with Crippen molar-refractivity contribution >= 4 is 34.3 Å². The average molecular weight is 476 g/mol. The Morgan fingerprint density at radius 1 is 0.914 bits per heavy atom. The first-order chi connectivity index (χ1) is 17.0. The number of nitrogens with zero attached hydrogens (tertiary/aromatic N) is 3. The number of benzene rings is 3. The second-order valence-corrected chi connectivity index (χ2v) is 7.95. The van der Waals surface area contributed by atoms with Gasteiger partial charge in [0.1, 0.15) is 17.4 Å². The number of amides is 2. The molecule has 1 aliphatic rings. The normalized spacial score (nSPS) is 13.5. The molecule has 0 spiro atoms. The molecule has 0 radical (unpaired) electrons. The molecule has 1 saturated heterocycles. The first-order valence-electron chi connectivity index (χ1n) is 11.1. The second-order valence-electron chi connectivity index (χ2n) is 7.95. The third-order valence-electron chi connectivity index (χ3n) is 5.46. The Bertz CT molecular complexity index is 1360. The standard InChI is InChI=1S/C25H22F2N6O2/c26-16-1-3-17(4-2-16)30-25(34)31-18-5-7-20(27)23(13-18)35-19-6-8-21-22(14-19)32-24(15-29-21)33-11-9-28-10-12-33/h1-8,13-15,28H,9-12H2,(H2,30,31,34). The largest absolute Gasteiger partial charge is 0.454 e. The van der Waals surface area contributed by atoms with E-state index < -0.39 is 17.7 Å². The van der Waals surface area contributed by atoms with Gasteiger partial charge in [-0.2, -0.15) is 0 Å². The molecule has 35 heavy (non-hydrogen) atoms. The van der Waals surface area contributed by atoms with Gasteiger partial charge in [0.15, 0.2) is 11.6 Å². The van der Waals surface area contributed by atoms with Gasteiger partial charge in [-0.05, 0) is 48.5 Å². The van der Waals surface area contributed by atoms with Crippen molar-refractivity contribution in [1.29, 1.82) is 0 Å². The highest BCUT2D eigenvalue weighted by atomic mass is 19.1. The summed E-state index contributed by atoms with van der Waals surface area (Å²) in [5.74, 6) is 0.109. The number of aromatic nitrogens is 2. The lowest BCUT2D eigenvalue weighted by Gasteiger charge is -2.28. The van der Waals surface area contributed by atoms with Crippen molar-refractivity contribution < 1.29 is 18.3 Å². The summed E-state index contributed by atoms with van der Waals surface area (Å²) >= 11 is 0. The van der Waals surface area contributed by atoms with E-state index in [-0.39, 0.29) is 5.75 Å². The van der Waals surface area contributed by atoms with Gasteiger partial charge < -0.3 is 25.6 Å². The molecule has 1 aromatic heterocycles. The quantitative estimate of drug-likeness (QED) is 0.385. The predicted molar refractivity (Wildman–Crippen MR) is 130 cm³/mol. The fourth-order valence-electron chi connectivity index (χ4n) is 3.70. The molecule has 8 nitrogen and oxygen atoms in total. The Morgan fingerprint density at radius 3 is 2.46 bits per heavy atom. The van der Waals surface area contributed by atoms with Crippen molar-refractivity contribution in [3.63, 3.8) is 0 Å². The topological polar surface area (TPSA) is 91.4 Å². The number of fused-ring (bicyclic) bond motifs is 1. The summed E-state index contributed by atoms with van der Waals surface area (Å²) in [7, 11) is 0. The van der Waals surface area contributed by atoms with Crippen LogP contribution in [-0.2, 0) is 0 Å². The van der Waals surface area contributed by atoms with Gasteiger partial charge in [0, 0.05) is 49.7 Å². The van der Waals surface area contributed by atoms with E-state index in [1.807, 2.05) is 0 Å². The summed E-state index contributed by atoms with van der Waals surface area (Å²) in [4.78, 5) is 23.6. The molecule has 178 valence electrons. The molecule has 5 rings (SSSR count). The lowest BCUT2D eigenvalue weighted by Crippen LogP contribution is -2.43. The molecule has 2 amide bonds. The number of urea groups is 1. The fraction of sp³-hybridized carbons (Fsp3) is 0.160. The molecule has 0 atom stereocenters. The number of carbonyl (C=O) groups is 1. The van der Waals surface area contributed by atoms with Gasteiger partial charge in [0.2, 0.25) is 0 Å². The summed E-state index contributed by atoms with van der Waals surface area (Å²) in [5, 5.41) is 8.49. The molecule has 4 aromatic rings. The Hall–Kier alpha value is -4.31. The summed E-state index contributed by atoms with van der Waals surface area (Å²) in [6.07, 6.45) is 1.75. The van der Waals surface area contributed by atoms with Gasteiger partial charge in [0.25, 0.3) is 0 Å². The van der Waals surface area contributed by atoms with E-state index in [2.05, 4.69) is 25.8 Å². The van der Waals surface area contributed by atoms with Crippen LogP contribution in [0.25, 0.3) is 11.0 Å². The van der Waals surface area contributed by atoms with Gasteiger partial charge in [-0.15, -0.1) is 0 Å². The molecule has 0 aliphatic carbocycles. The zero-order chi connectivity index (χ0) is 24.2. The molecule has 0 bridgehead atoms. The molecule has 1 fully saturated rings. The van der Waals surface area contributed by atoms with Crippen molar-refractivity contribution in [2.24, 2.45) is 0 Å². The number of hydrogen-bond donors (Lipinski definition) is 3.